The van der Waals surface area contributed by atoms with Crippen LogP contribution < -0.4 is 10.5 Å². The zero-order valence-electron chi connectivity index (χ0n) is 11.3. The monoisotopic (exact) mass is 301 g/mol. The van der Waals surface area contributed by atoms with Crippen LogP contribution in [0.1, 0.15) is 32.9 Å². The third-order valence-corrected chi connectivity index (χ3v) is 4.59. The molecule has 0 aliphatic rings. The van der Waals surface area contributed by atoms with Gasteiger partial charge in [0.25, 0.3) is 0 Å². The van der Waals surface area contributed by atoms with Crippen molar-refractivity contribution >= 4 is 27.2 Å². The fourth-order valence-corrected chi connectivity index (χ4v) is 2.49. The zero-order valence-corrected chi connectivity index (χ0v) is 12.9. The van der Waals surface area contributed by atoms with Crippen LogP contribution in [0.4, 0.5) is 0 Å². The minimum atomic E-state index is -3.54. The number of nitrogens with zero attached hydrogens (tertiary/aromatic N) is 1. The van der Waals surface area contributed by atoms with Gasteiger partial charge in [-0.05, 0) is 24.0 Å². The van der Waals surface area contributed by atoms with E-state index in [9.17, 15) is 8.42 Å². The fourth-order valence-electron chi connectivity index (χ4n) is 1.18. The van der Waals surface area contributed by atoms with Crippen LogP contribution in [0.15, 0.2) is 23.2 Å². The highest BCUT2D eigenvalue weighted by atomic mass is 32.2. The molecule has 1 heterocycles. The number of sulfonamides is 1. The van der Waals surface area contributed by atoms with Gasteiger partial charge in [-0.3, -0.25) is 4.98 Å². The minimum Gasteiger partial charge on any atom is -0.388 e. The summed E-state index contributed by atoms with van der Waals surface area (Å²) in [7, 11) is -3.54. The summed E-state index contributed by atoms with van der Waals surface area (Å²) < 4.78 is 26.7. The molecule has 0 atom stereocenters. The number of nitrogens with one attached hydrogen (secondary N) is 1. The van der Waals surface area contributed by atoms with E-state index in [1.807, 2.05) is 20.8 Å². The number of hydrogen-bond acceptors (Lipinski definition) is 4. The molecule has 0 unspecified atom stereocenters. The Morgan fingerprint density at radius 3 is 2.53 bits per heavy atom. The van der Waals surface area contributed by atoms with E-state index >= 15 is 0 Å². The molecule has 1 aromatic heterocycles. The molecule has 0 saturated heterocycles. The molecule has 0 amide bonds. The first-order valence-corrected chi connectivity index (χ1v) is 7.82. The third kappa shape index (κ3) is 4.52. The Balaban J connectivity index is 2.86. The lowest BCUT2D eigenvalue weighted by Crippen LogP contribution is -2.33. The second-order valence-corrected chi connectivity index (χ2v) is 7.29. The van der Waals surface area contributed by atoms with E-state index in [4.69, 9.17) is 18.0 Å². The molecule has 0 aliphatic heterocycles. The molecule has 7 heteroatoms. The second kappa shape index (κ2) is 5.94. The Hall–Kier alpha value is -1.05. The zero-order chi connectivity index (χ0) is 14.7. The van der Waals surface area contributed by atoms with E-state index in [1.165, 1.54) is 18.3 Å². The number of hydrogen-bond donors (Lipinski definition) is 2. The molecule has 0 fully saturated rings. The van der Waals surface area contributed by atoms with Gasteiger partial charge in [0, 0.05) is 12.7 Å². The van der Waals surface area contributed by atoms with Gasteiger partial charge < -0.3 is 5.73 Å². The van der Waals surface area contributed by atoms with Crippen molar-refractivity contribution < 1.29 is 8.42 Å². The SMILES string of the molecule is CCC(C)(C)CNS(=O)(=O)c1ccc(C(N)=S)nc1. The van der Waals surface area contributed by atoms with Crippen LogP contribution in [-0.2, 0) is 10.0 Å². The molecule has 0 saturated carbocycles. The summed E-state index contributed by atoms with van der Waals surface area (Å²) in [5.74, 6) is 0. The van der Waals surface area contributed by atoms with Gasteiger partial charge in [-0.1, -0.05) is 33.0 Å². The predicted octanol–water partition coefficient (Wildman–Crippen LogP) is 1.43. The summed E-state index contributed by atoms with van der Waals surface area (Å²) >= 11 is 4.76. The Kier molecular flexibility index (Phi) is 5.00. The molecule has 0 radical (unpaired) electrons. The first-order valence-electron chi connectivity index (χ1n) is 5.93. The lowest BCUT2D eigenvalue weighted by atomic mass is 9.91. The van der Waals surface area contributed by atoms with Gasteiger partial charge in [-0.25, -0.2) is 13.1 Å². The highest BCUT2D eigenvalue weighted by molar-refractivity contribution is 7.89. The Morgan fingerprint density at radius 1 is 1.47 bits per heavy atom. The quantitative estimate of drug-likeness (QED) is 0.776. The van der Waals surface area contributed by atoms with E-state index in [2.05, 4.69) is 9.71 Å². The molecule has 19 heavy (non-hydrogen) atoms. The molecule has 1 aromatic rings. The largest absolute Gasteiger partial charge is 0.388 e. The van der Waals surface area contributed by atoms with Crippen molar-refractivity contribution in [2.45, 2.75) is 32.1 Å². The van der Waals surface area contributed by atoms with Crippen LogP contribution in [-0.4, -0.2) is 24.9 Å². The van der Waals surface area contributed by atoms with Crippen molar-refractivity contribution in [1.29, 1.82) is 0 Å². The van der Waals surface area contributed by atoms with Crippen molar-refractivity contribution in [2.75, 3.05) is 6.54 Å². The lowest BCUT2D eigenvalue weighted by Gasteiger charge is -2.22. The molecule has 0 aliphatic carbocycles. The maximum atomic E-state index is 12.1. The predicted molar refractivity (Wildman–Crippen MR) is 79.4 cm³/mol. The van der Waals surface area contributed by atoms with Gasteiger partial charge in [0.1, 0.15) is 9.88 Å². The van der Waals surface area contributed by atoms with Gasteiger partial charge in [-0.2, -0.15) is 0 Å². The van der Waals surface area contributed by atoms with Gasteiger partial charge in [0.2, 0.25) is 10.0 Å². The first-order chi connectivity index (χ1) is 8.68. The molecule has 0 spiro atoms. The average Bonchev–Trinajstić information content (AvgIpc) is 2.37. The van der Waals surface area contributed by atoms with E-state index in [-0.39, 0.29) is 15.3 Å². The molecule has 0 bridgehead atoms. The van der Waals surface area contributed by atoms with Gasteiger partial charge >= 0.3 is 0 Å². The lowest BCUT2D eigenvalue weighted by molar-refractivity contribution is 0.350. The van der Waals surface area contributed by atoms with Crippen molar-refractivity contribution in [3.05, 3.63) is 24.0 Å². The van der Waals surface area contributed by atoms with Gasteiger partial charge in [0.05, 0.1) is 5.69 Å². The first kappa shape index (κ1) is 16.0. The summed E-state index contributed by atoms with van der Waals surface area (Å²) in [6.45, 7) is 6.41. The summed E-state index contributed by atoms with van der Waals surface area (Å²) in [6, 6.07) is 2.95. The summed E-state index contributed by atoms with van der Waals surface area (Å²) in [5, 5.41) is 0. The van der Waals surface area contributed by atoms with E-state index in [0.717, 1.165) is 6.42 Å². The summed E-state index contributed by atoms with van der Waals surface area (Å²) in [6.07, 6.45) is 2.14. The van der Waals surface area contributed by atoms with E-state index in [0.29, 0.717) is 12.2 Å². The molecule has 3 N–H and O–H groups in total. The minimum absolute atomic E-state index is 0.0841. The molecule has 0 aromatic carbocycles. The average molecular weight is 301 g/mol. The highest BCUT2D eigenvalue weighted by Crippen LogP contribution is 2.19. The molecule has 5 nitrogen and oxygen atoms in total. The molecule has 106 valence electrons. The smallest absolute Gasteiger partial charge is 0.242 e. The number of nitrogens with two attached hydrogens (primary N) is 1. The van der Waals surface area contributed by atoms with Crippen molar-refractivity contribution in [1.82, 2.24) is 9.71 Å². The van der Waals surface area contributed by atoms with Crippen molar-refractivity contribution in [3.63, 3.8) is 0 Å². The number of rotatable bonds is 6. The van der Waals surface area contributed by atoms with E-state index < -0.39 is 10.0 Å². The molecular formula is C12H19N3O2S2. The third-order valence-electron chi connectivity index (χ3n) is 3.00. The maximum absolute atomic E-state index is 12.1. The van der Waals surface area contributed by atoms with Crippen LogP contribution in [0.3, 0.4) is 0 Å². The van der Waals surface area contributed by atoms with Gasteiger partial charge in [-0.15, -0.1) is 0 Å². The Labute approximate surface area is 119 Å². The van der Waals surface area contributed by atoms with Crippen LogP contribution in [0.2, 0.25) is 0 Å². The fraction of sp³-hybridized carbons (Fsp3) is 0.500. The maximum Gasteiger partial charge on any atom is 0.242 e. The normalized spacial score (nSPS) is 12.4. The molecular weight excluding hydrogens is 282 g/mol. The van der Waals surface area contributed by atoms with E-state index in [1.54, 1.807) is 0 Å². The van der Waals surface area contributed by atoms with Crippen LogP contribution in [0.5, 0.6) is 0 Å². The van der Waals surface area contributed by atoms with Gasteiger partial charge in [0.15, 0.2) is 0 Å². The Morgan fingerprint density at radius 2 is 2.11 bits per heavy atom. The number of thiocarbonyl (C=S) groups is 1. The van der Waals surface area contributed by atoms with Crippen LogP contribution in [0.25, 0.3) is 0 Å². The van der Waals surface area contributed by atoms with Crippen LogP contribution in [0, 0.1) is 5.41 Å². The van der Waals surface area contributed by atoms with Crippen LogP contribution >= 0.6 is 12.2 Å². The van der Waals surface area contributed by atoms with Crippen molar-refractivity contribution in [2.24, 2.45) is 11.1 Å². The van der Waals surface area contributed by atoms with Crippen molar-refractivity contribution in [3.8, 4) is 0 Å². The summed E-state index contributed by atoms with van der Waals surface area (Å²) in [5.41, 5.74) is 5.73. The highest BCUT2D eigenvalue weighted by Gasteiger charge is 2.21. The summed E-state index contributed by atoms with van der Waals surface area (Å²) in [4.78, 5) is 4.18. The topological polar surface area (TPSA) is 85.1 Å². The Bertz CT molecular complexity index is 551. The second-order valence-electron chi connectivity index (χ2n) is 5.09. The number of aromatic nitrogens is 1. The standard InChI is InChI=1S/C12H19N3O2S2/c1-4-12(2,3)8-15-19(16,17)9-5-6-10(11(13)18)14-7-9/h5-7,15H,4,8H2,1-3H3,(H2,13,18). The molecule has 1 rings (SSSR count). The number of pyridine rings is 1.